The molecule has 32 heavy (non-hydrogen) atoms. The van der Waals surface area contributed by atoms with Crippen LogP contribution in [0.4, 0.5) is 4.79 Å². The lowest BCUT2D eigenvalue weighted by atomic mass is 9.70. The van der Waals surface area contributed by atoms with Crippen molar-refractivity contribution in [3.8, 4) is 5.75 Å². The van der Waals surface area contributed by atoms with E-state index in [-0.39, 0.29) is 35.5 Å². The topological polar surface area (TPSA) is 81.7 Å². The van der Waals surface area contributed by atoms with Crippen LogP contribution in [0.1, 0.15) is 97.6 Å². The van der Waals surface area contributed by atoms with Gasteiger partial charge in [-0.3, -0.25) is 0 Å². The lowest BCUT2D eigenvalue weighted by Crippen LogP contribution is -2.45. The van der Waals surface area contributed by atoms with E-state index in [4.69, 9.17) is 8.92 Å². The first-order valence-electron chi connectivity index (χ1n) is 11.9. The quantitative estimate of drug-likeness (QED) is 0.480. The zero-order valence-electron chi connectivity index (χ0n) is 20.8. The van der Waals surface area contributed by atoms with Crippen molar-refractivity contribution in [3.05, 3.63) is 29.3 Å². The predicted molar refractivity (Wildman–Crippen MR) is 128 cm³/mol. The van der Waals surface area contributed by atoms with E-state index < -0.39 is 16.4 Å². The molecule has 1 aromatic carbocycles. The van der Waals surface area contributed by atoms with Crippen molar-refractivity contribution in [1.29, 1.82) is 0 Å². The highest BCUT2D eigenvalue weighted by Crippen LogP contribution is 2.40. The van der Waals surface area contributed by atoms with Gasteiger partial charge >= 0.3 is 16.4 Å². The molecule has 1 unspecified atom stereocenters. The molecule has 1 aliphatic carbocycles. The van der Waals surface area contributed by atoms with Gasteiger partial charge in [-0.2, -0.15) is 13.1 Å². The van der Waals surface area contributed by atoms with Gasteiger partial charge in [-0.15, -0.1) is 0 Å². The van der Waals surface area contributed by atoms with Crippen molar-refractivity contribution in [3.63, 3.8) is 0 Å². The molecule has 182 valence electrons. The van der Waals surface area contributed by atoms with Gasteiger partial charge in [0.1, 0.15) is 6.10 Å². The molecular formula is C25H41NO5S. The lowest BCUT2D eigenvalue weighted by Gasteiger charge is -2.41. The van der Waals surface area contributed by atoms with Crippen LogP contribution in [-0.4, -0.2) is 20.6 Å². The monoisotopic (exact) mass is 467 g/mol. The zero-order chi connectivity index (χ0) is 24.2. The Morgan fingerprint density at radius 2 is 1.38 bits per heavy atom. The number of ether oxygens (including phenoxy) is 1. The van der Waals surface area contributed by atoms with E-state index in [1.807, 2.05) is 50.6 Å². The Kier molecular flexibility index (Phi) is 9.03. The van der Waals surface area contributed by atoms with E-state index in [1.165, 1.54) is 0 Å². The number of para-hydroxylation sites is 1. The lowest BCUT2D eigenvalue weighted by molar-refractivity contribution is -0.0308. The van der Waals surface area contributed by atoms with Gasteiger partial charge in [-0.05, 0) is 59.5 Å². The van der Waals surface area contributed by atoms with Crippen molar-refractivity contribution in [2.75, 3.05) is 0 Å². The van der Waals surface area contributed by atoms with Crippen molar-refractivity contribution in [1.82, 2.24) is 4.72 Å². The summed E-state index contributed by atoms with van der Waals surface area (Å²) >= 11 is 0. The summed E-state index contributed by atoms with van der Waals surface area (Å²) in [5.41, 5.74) is 1.56. The summed E-state index contributed by atoms with van der Waals surface area (Å²) in [7, 11) is -4.40. The van der Waals surface area contributed by atoms with Crippen LogP contribution in [0.25, 0.3) is 0 Å². The average molecular weight is 468 g/mol. The molecule has 0 heterocycles. The van der Waals surface area contributed by atoms with Gasteiger partial charge < -0.3 is 8.92 Å². The first kappa shape index (κ1) is 26.5. The number of carbonyl (C=O) groups is 1. The highest BCUT2D eigenvalue weighted by atomic mass is 32.2. The third-order valence-corrected chi connectivity index (χ3v) is 7.40. The van der Waals surface area contributed by atoms with Crippen LogP contribution in [0.3, 0.4) is 0 Å². The summed E-state index contributed by atoms with van der Waals surface area (Å²) in [5.74, 6) is 1.51. The van der Waals surface area contributed by atoms with Crippen LogP contribution in [-0.2, 0) is 15.0 Å². The maximum atomic E-state index is 12.8. The Bertz CT molecular complexity index is 834. The molecule has 1 aromatic rings. The molecule has 3 atom stereocenters. The van der Waals surface area contributed by atoms with E-state index >= 15 is 0 Å². The summed E-state index contributed by atoms with van der Waals surface area (Å²) in [4.78, 5) is 12.7. The number of hydrogen-bond acceptors (Lipinski definition) is 5. The Hall–Kier alpha value is -1.76. The highest BCUT2D eigenvalue weighted by molar-refractivity contribution is 7.85. The maximum absolute atomic E-state index is 12.8. The minimum absolute atomic E-state index is 0.0618. The molecule has 1 amide bonds. The Morgan fingerprint density at radius 3 is 1.78 bits per heavy atom. The van der Waals surface area contributed by atoms with Gasteiger partial charge in [0, 0.05) is 0 Å². The van der Waals surface area contributed by atoms with Gasteiger partial charge in [0.25, 0.3) is 0 Å². The molecule has 0 spiro atoms. The van der Waals surface area contributed by atoms with Crippen LogP contribution < -0.4 is 8.91 Å². The third kappa shape index (κ3) is 6.63. The number of benzene rings is 1. The largest absolute Gasteiger partial charge is 0.445 e. The molecule has 0 radical (unpaired) electrons. The number of rotatable bonds is 8. The SMILES string of the molecule is CC(C)c1cccc(C(C)C)c1OS(=O)(=O)NC(=O)OC1[C@@H](C(C)C)CCC[C@H]1C(C)C. The van der Waals surface area contributed by atoms with Crippen molar-refractivity contribution in [2.24, 2.45) is 23.7 Å². The van der Waals surface area contributed by atoms with E-state index in [0.29, 0.717) is 11.8 Å². The standard InChI is InChI=1S/C25H41NO5S/c1-15(2)19-11-9-12-20(16(3)4)23(19)30-25(27)26-32(28,29)31-24-21(17(5)6)13-10-14-22(24)18(7)8/h10,13-20,23H,9,11-12H2,1-8H3,(H,26,27)/t19-,20+,23?. The number of carbonyl (C=O) groups excluding carboxylic acids is 1. The van der Waals surface area contributed by atoms with Gasteiger partial charge in [-0.1, -0.05) is 80.0 Å². The fourth-order valence-electron chi connectivity index (χ4n) is 4.79. The molecule has 1 aliphatic rings. The fraction of sp³-hybridized carbons (Fsp3) is 0.720. The summed E-state index contributed by atoms with van der Waals surface area (Å²) in [6.07, 6.45) is 1.76. The number of nitrogens with one attached hydrogen (secondary N) is 1. The van der Waals surface area contributed by atoms with Crippen LogP contribution in [0.15, 0.2) is 18.2 Å². The molecular weight excluding hydrogens is 426 g/mol. The predicted octanol–water partition coefficient (Wildman–Crippen LogP) is 6.38. The van der Waals surface area contributed by atoms with Crippen LogP contribution in [0, 0.1) is 23.7 Å². The Morgan fingerprint density at radius 1 is 0.906 bits per heavy atom. The van der Waals surface area contributed by atoms with Gasteiger partial charge in [0.15, 0.2) is 5.75 Å². The van der Waals surface area contributed by atoms with Crippen LogP contribution in [0.2, 0.25) is 0 Å². The molecule has 1 fully saturated rings. The second-order valence-corrected chi connectivity index (χ2v) is 11.6. The molecule has 7 heteroatoms. The maximum Gasteiger partial charge on any atom is 0.423 e. The van der Waals surface area contributed by atoms with E-state index in [9.17, 15) is 13.2 Å². The second-order valence-electron chi connectivity index (χ2n) is 10.3. The summed E-state index contributed by atoms with van der Waals surface area (Å²) < 4.78 is 38.8. The molecule has 1 saturated carbocycles. The minimum Gasteiger partial charge on any atom is -0.445 e. The van der Waals surface area contributed by atoms with E-state index in [2.05, 4.69) is 27.7 Å². The van der Waals surface area contributed by atoms with Crippen molar-refractivity contribution < 1.29 is 22.1 Å². The van der Waals surface area contributed by atoms with Crippen molar-refractivity contribution in [2.45, 2.75) is 92.6 Å². The molecule has 0 saturated heterocycles. The Balaban J connectivity index is 2.22. The van der Waals surface area contributed by atoms with Crippen LogP contribution >= 0.6 is 0 Å². The molecule has 0 aromatic heterocycles. The smallest absolute Gasteiger partial charge is 0.423 e. The first-order chi connectivity index (χ1) is 14.8. The molecule has 0 aliphatic heterocycles. The summed E-state index contributed by atoms with van der Waals surface area (Å²) in [6.45, 7) is 16.4. The first-order valence-corrected chi connectivity index (χ1v) is 13.3. The summed E-state index contributed by atoms with van der Waals surface area (Å²) in [5, 5.41) is 0. The van der Waals surface area contributed by atoms with E-state index in [1.54, 1.807) is 0 Å². The fourth-order valence-corrected chi connectivity index (χ4v) is 5.50. The van der Waals surface area contributed by atoms with Gasteiger partial charge in [0.05, 0.1) is 0 Å². The third-order valence-electron chi connectivity index (χ3n) is 6.60. The van der Waals surface area contributed by atoms with Gasteiger partial charge in [0.2, 0.25) is 0 Å². The van der Waals surface area contributed by atoms with Crippen LogP contribution in [0.5, 0.6) is 5.75 Å². The average Bonchev–Trinajstić information content (AvgIpc) is 2.66. The number of amides is 1. The highest BCUT2D eigenvalue weighted by Gasteiger charge is 2.39. The molecule has 1 N–H and O–H groups in total. The second kappa shape index (κ2) is 10.9. The summed E-state index contributed by atoms with van der Waals surface area (Å²) in [6, 6.07) is 5.59. The molecule has 0 bridgehead atoms. The minimum atomic E-state index is -4.40. The number of hydrogen-bond donors (Lipinski definition) is 1. The molecule has 2 rings (SSSR count). The normalized spacial score (nSPS) is 21.9. The van der Waals surface area contributed by atoms with Crippen molar-refractivity contribution >= 4 is 16.4 Å². The zero-order valence-corrected chi connectivity index (χ0v) is 21.7. The van der Waals surface area contributed by atoms with Gasteiger partial charge in [-0.25, -0.2) is 4.79 Å². The molecule has 6 nitrogen and oxygen atoms in total. The Labute approximate surface area is 194 Å². The van der Waals surface area contributed by atoms with E-state index in [0.717, 1.165) is 30.4 Å².